The predicted molar refractivity (Wildman–Crippen MR) is 79.1 cm³/mol. The Morgan fingerprint density at radius 1 is 1.16 bits per heavy atom. The molecular formula is C16H12N2S. The summed E-state index contributed by atoms with van der Waals surface area (Å²) in [6.45, 7) is 2.10. The molecule has 0 radical (unpaired) electrons. The molecule has 3 heteroatoms. The van der Waals surface area contributed by atoms with Crippen molar-refractivity contribution in [2.45, 2.75) is 13.3 Å². The highest BCUT2D eigenvalue weighted by atomic mass is 32.1. The predicted octanol–water partition coefficient (Wildman–Crippen LogP) is 4.34. The zero-order valence-electron chi connectivity index (χ0n) is 10.6. The van der Waals surface area contributed by atoms with Crippen molar-refractivity contribution < 1.29 is 0 Å². The largest absolute Gasteiger partial charge is 0.240 e. The van der Waals surface area contributed by atoms with Gasteiger partial charge in [0.1, 0.15) is 5.01 Å². The summed E-state index contributed by atoms with van der Waals surface area (Å²) in [7, 11) is 0. The molecule has 0 aliphatic carbocycles. The Kier molecular flexibility index (Phi) is 3.02. The van der Waals surface area contributed by atoms with Crippen LogP contribution in [0.4, 0.5) is 0 Å². The van der Waals surface area contributed by atoms with Gasteiger partial charge < -0.3 is 0 Å². The van der Waals surface area contributed by atoms with Gasteiger partial charge in [-0.1, -0.05) is 35.9 Å². The third-order valence-electron chi connectivity index (χ3n) is 3.07. The van der Waals surface area contributed by atoms with Crippen molar-refractivity contribution in [3.63, 3.8) is 0 Å². The first-order valence-corrected chi connectivity index (χ1v) is 6.96. The quantitative estimate of drug-likeness (QED) is 0.690. The van der Waals surface area contributed by atoms with Crippen molar-refractivity contribution in [2.75, 3.05) is 0 Å². The first-order chi connectivity index (χ1) is 9.26. The van der Waals surface area contributed by atoms with Crippen LogP contribution in [0.3, 0.4) is 0 Å². The monoisotopic (exact) mass is 264 g/mol. The number of benzene rings is 2. The standard InChI is InChI=1S/C16H12N2S/c1-11-2-3-13-9-14(5-4-12(13)8-11)15-10-19-16(18-15)6-7-17/h2-5,8-10H,6H2,1H3. The van der Waals surface area contributed by atoms with Gasteiger partial charge in [-0.15, -0.1) is 11.3 Å². The van der Waals surface area contributed by atoms with Crippen molar-refractivity contribution in [1.29, 1.82) is 5.26 Å². The number of nitrogens with zero attached hydrogens (tertiary/aromatic N) is 2. The number of hydrogen-bond donors (Lipinski definition) is 0. The van der Waals surface area contributed by atoms with Crippen molar-refractivity contribution in [2.24, 2.45) is 0 Å². The van der Waals surface area contributed by atoms with Gasteiger partial charge in [-0.25, -0.2) is 4.98 Å². The molecule has 2 nitrogen and oxygen atoms in total. The van der Waals surface area contributed by atoms with Crippen LogP contribution in [0.2, 0.25) is 0 Å². The SMILES string of the molecule is Cc1ccc2cc(-c3csc(CC#N)n3)ccc2c1. The Hall–Kier alpha value is -2.18. The third kappa shape index (κ3) is 2.35. The molecule has 0 atom stereocenters. The lowest BCUT2D eigenvalue weighted by Gasteiger charge is -2.02. The van der Waals surface area contributed by atoms with Gasteiger partial charge in [-0.3, -0.25) is 0 Å². The topological polar surface area (TPSA) is 36.7 Å². The lowest BCUT2D eigenvalue weighted by molar-refractivity contribution is 1.19. The maximum Gasteiger partial charge on any atom is 0.107 e. The lowest BCUT2D eigenvalue weighted by Crippen LogP contribution is -1.82. The van der Waals surface area contributed by atoms with E-state index < -0.39 is 0 Å². The Bertz CT molecular complexity index is 781. The number of nitriles is 1. The molecule has 0 saturated heterocycles. The molecule has 0 amide bonds. The van der Waals surface area contributed by atoms with Gasteiger partial charge in [0.05, 0.1) is 18.2 Å². The minimum Gasteiger partial charge on any atom is -0.240 e. The van der Waals surface area contributed by atoms with E-state index in [1.165, 1.54) is 16.3 Å². The number of rotatable bonds is 2. The van der Waals surface area contributed by atoms with E-state index in [1.54, 1.807) is 11.3 Å². The zero-order valence-corrected chi connectivity index (χ0v) is 11.4. The van der Waals surface area contributed by atoms with E-state index in [-0.39, 0.29) is 0 Å². The zero-order chi connectivity index (χ0) is 13.2. The highest BCUT2D eigenvalue weighted by Gasteiger charge is 2.05. The number of hydrogen-bond acceptors (Lipinski definition) is 3. The molecule has 0 saturated carbocycles. The summed E-state index contributed by atoms with van der Waals surface area (Å²) in [5.74, 6) is 0. The van der Waals surface area contributed by atoms with E-state index in [9.17, 15) is 0 Å². The van der Waals surface area contributed by atoms with Crippen LogP contribution in [0, 0.1) is 18.3 Å². The molecule has 92 valence electrons. The van der Waals surface area contributed by atoms with E-state index in [4.69, 9.17) is 5.26 Å². The summed E-state index contributed by atoms with van der Waals surface area (Å²) in [4.78, 5) is 4.49. The fraction of sp³-hybridized carbons (Fsp3) is 0.125. The number of thiazole rings is 1. The van der Waals surface area contributed by atoms with Crippen LogP contribution in [0.1, 0.15) is 10.6 Å². The Morgan fingerprint density at radius 2 is 1.95 bits per heavy atom. The van der Waals surface area contributed by atoms with E-state index in [0.29, 0.717) is 6.42 Å². The molecule has 0 fully saturated rings. The van der Waals surface area contributed by atoms with E-state index in [0.717, 1.165) is 16.3 Å². The van der Waals surface area contributed by atoms with Gasteiger partial charge in [0.2, 0.25) is 0 Å². The van der Waals surface area contributed by atoms with E-state index in [1.807, 2.05) is 5.38 Å². The van der Waals surface area contributed by atoms with E-state index in [2.05, 4.69) is 54.4 Å². The highest BCUT2D eigenvalue weighted by molar-refractivity contribution is 7.10. The summed E-state index contributed by atoms with van der Waals surface area (Å²) in [5.41, 5.74) is 3.33. The van der Waals surface area contributed by atoms with Crippen LogP contribution >= 0.6 is 11.3 Å². The summed E-state index contributed by atoms with van der Waals surface area (Å²) in [6.07, 6.45) is 0.386. The Balaban J connectivity index is 2.05. The van der Waals surface area contributed by atoms with Gasteiger partial charge in [-0.2, -0.15) is 5.26 Å². The molecule has 2 aromatic carbocycles. The molecule has 0 N–H and O–H groups in total. The second-order valence-electron chi connectivity index (χ2n) is 4.53. The first kappa shape index (κ1) is 11.9. The fourth-order valence-corrected chi connectivity index (χ4v) is 2.85. The molecule has 0 aliphatic rings. The molecule has 1 aromatic heterocycles. The molecule has 19 heavy (non-hydrogen) atoms. The van der Waals surface area contributed by atoms with Gasteiger partial charge in [0.25, 0.3) is 0 Å². The maximum atomic E-state index is 8.68. The van der Waals surface area contributed by atoms with Crippen molar-refractivity contribution >= 4 is 22.1 Å². The van der Waals surface area contributed by atoms with Crippen LogP contribution in [0.5, 0.6) is 0 Å². The summed E-state index contributed by atoms with van der Waals surface area (Å²) >= 11 is 1.54. The van der Waals surface area contributed by atoms with Crippen molar-refractivity contribution in [1.82, 2.24) is 4.98 Å². The summed E-state index contributed by atoms with van der Waals surface area (Å²) < 4.78 is 0. The summed E-state index contributed by atoms with van der Waals surface area (Å²) in [5, 5.41) is 14.0. The van der Waals surface area contributed by atoms with Crippen LogP contribution in [-0.2, 0) is 6.42 Å². The Morgan fingerprint density at radius 3 is 2.79 bits per heavy atom. The highest BCUT2D eigenvalue weighted by Crippen LogP contribution is 2.26. The first-order valence-electron chi connectivity index (χ1n) is 6.08. The average Bonchev–Trinajstić information content (AvgIpc) is 2.87. The number of aryl methyl sites for hydroxylation is 1. The van der Waals surface area contributed by atoms with Gasteiger partial charge in [-0.05, 0) is 23.8 Å². The Labute approximate surface area is 116 Å². The minimum atomic E-state index is 0.386. The van der Waals surface area contributed by atoms with Gasteiger partial charge in [0.15, 0.2) is 0 Å². The van der Waals surface area contributed by atoms with Crippen LogP contribution in [0.15, 0.2) is 41.8 Å². The molecule has 0 bridgehead atoms. The van der Waals surface area contributed by atoms with Crippen molar-refractivity contribution in [3.05, 3.63) is 52.3 Å². The smallest absolute Gasteiger partial charge is 0.107 e. The lowest BCUT2D eigenvalue weighted by atomic mass is 10.0. The second-order valence-corrected chi connectivity index (χ2v) is 5.47. The van der Waals surface area contributed by atoms with E-state index >= 15 is 0 Å². The third-order valence-corrected chi connectivity index (χ3v) is 3.92. The normalized spacial score (nSPS) is 10.5. The molecule has 0 unspecified atom stereocenters. The second kappa shape index (κ2) is 4.83. The molecule has 0 spiro atoms. The van der Waals surface area contributed by atoms with Crippen LogP contribution in [0.25, 0.3) is 22.0 Å². The molecule has 1 heterocycles. The molecule has 3 rings (SSSR count). The van der Waals surface area contributed by atoms with Crippen LogP contribution < -0.4 is 0 Å². The average molecular weight is 264 g/mol. The molecule has 0 aliphatic heterocycles. The molecular weight excluding hydrogens is 252 g/mol. The number of fused-ring (bicyclic) bond motifs is 1. The van der Waals surface area contributed by atoms with Gasteiger partial charge in [0, 0.05) is 10.9 Å². The maximum absolute atomic E-state index is 8.68. The summed E-state index contributed by atoms with van der Waals surface area (Å²) in [6, 6.07) is 14.9. The number of aromatic nitrogens is 1. The van der Waals surface area contributed by atoms with Gasteiger partial charge >= 0.3 is 0 Å². The van der Waals surface area contributed by atoms with Crippen molar-refractivity contribution in [3.8, 4) is 17.3 Å². The molecule has 3 aromatic rings. The fourth-order valence-electron chi connectivity index (χ4n) is 2.12. The van der Waals surface area contributed by atoms with Crippen LogP contribution in [-0.4, -0.2) is 4.98 Å². The minimum absolute atomic E-state index is 0.386.